The quantitative estimate of drug-likeness (QED) is 0.688. The number of aromatic nitrogens is 3. The van der Waals surface area contributed by atoms with E-state index in [4.69, 9.17) is 5.73 Å². The highest BCUT2D eigenvalue weighted by Crippen LogP contribution is 2.26. The molecular formula is C16H18N4O. The molecule has 3 rings (SSSR count). The fourth-order valence-corrected chi connectivity index (χ4v) is 2.24. The number of benzene rings is 1. The molecule has 0 fully saturated rings. The molecule has 0 aliphatic carbocycles. The van der Waals surface area contributed by atoms with Gasteiger partial charge in [-0.1, -0.05) is 19.9 Å². The van der Waals surface area contributed by atoms with Crippen molar-refractivity contribution in [2.24, 2.45) is 5.73 Å². The number of aromatic amines is 2. The number of nitrogens with zero attached hydrogens (tertiary/aromatic N) is 1. The number of fused-ring (bicyclic) bond motifs is 1. The predicted octanol–water partition coefficient (Wildman–Crippen LogP) is 2.15. The smallest absolute Gasteiger partial charge is 0.247 e. The summed E-state index contributed by atoms with van der Waals surface area (Å²) in [5.41, 5.74) is 9.53. The first-order valence-electron chi connectivity index (χ1n) is 6.89. The van der Waals surface area contributed by atoms with Gasteiger partial charge in [0.15, 0.2) is 0 Å². The molecule has 1 aromatic carbocycles. The lowest BCUT2D eigenvalue weighted by Gasteiger charge is -2.22. The zero-order valence-electron chi connectivity index (χ0n) is 12.1. The molecule has 0 aliphatic heterocycles. The van der Waals surface area contributed by atoms with Gasteiger partial charge in [-0.05, 0) is 23.8 Å². The molecule has 0 unspecified atom stereocenters. The maximum atomic E-state index is 11.1. The molecule has 0 aliphatic rings. The normalized spacial score (nSPS) is 12.0. The van der Waals surface area contributed by atoms with E-state index < -0.39 is 0 Å². The van der Waals surface area contributed by atoms with E-state index in [0.717, 1.165) is 22.4 Å². The second kappa shape index (κ2) is 4.86. The van der Waals surface area contributed by atoms with Gasteiger partial charge in [0.2, 0.25) is 5.56 Å². The van der Waals surface area contributed by atoms with E-state index in [0.29, 0.717) is 6.54 Å². The summed E-state index contributed by atoms with van der Waals surface area (Å²) in [6.45, 7) is 4.82. The molecular weight excluding hydrogens is 264 g/mol. The molecule has 0 radical (unpaired) electrons. The topological polar surface area (TPSA) is 87.6 Å². The van der Waals surface area contributed by atoms with E-state index >= 15 is 0 Å². The van der Waals surface area contributed by atoms with Crippen LogP contribution in [-0.2, 0) is 5.41 Å². The number of nitrogens with one attached hydrogen (secondary N) is 2. The zero-order chi connectivity index (χ0) is 15.0. The Morgan fingerprint density at radius 2 is 2.05 bits per heavy atom. The number of imidazole rings is 1. The summed E-state index contributed by atoms with van der Waals surface area (Å²) < 4.78 is 0. The predicted molar refractivity (Wildman–Crippen MR) is 84.2 cm³/mol. The zero-order valence-corrected chi connectivity index (χ0v) is 12.1. The lowest BCUT2D eigenvalue weighted by atomic mass is 9.85. The molecule has 108 valence electrons. The average molecular weight is 282 g/mol. The van der Waals surface area contributed by atoms with Gasteiger partial charge in [0, 0.05) is 29.8 Å². The highest BCUT2D eigenvalue weighted by Gasteiger charge is 2.19. The van der Waals surface area contributed by atoms with Crippen molar-refractivity contribution in [1.82, 2.24) is 15.0 Å². The summed E-state index contributed by atoms with van der Waals surface area (Å²) in [5.74, 6) is 0.740. The van der Waals surface area contributed by atoms with Gasteiger partial charge in [0.05, 0.1) is 11.0 Å². The number of nitrogens with two attached hydrogens (primary N) is 1. The maximum absolute atomic E-state index is 11.1. The van der Waals surface area contributed by atoms with Crippen LogP contribution >= 0.6 is 0 Å². The molecule has 5 nitrogen and oxygen atoms in total. The number of hydrogen-bond donors (Lipinski definition) is 3. The van der Waals surface area contributed by atoms with Gasteiger partial charge >= 0.3 is 0 Å². The van der Waals surface area contributed by atoms with Crippen molar-refractivity contribution < 1.29 is 0 Å². The Labute approximate surface area is 122 Å². The maximum Gasteiger partial charge on any atom is 0.247 e. The molecule has 5 heteroatoms. The first kappa shape index (κ1) is 13.6. The fraction of sp³-hybridized carbons (Fsp3) is 0.250. The van der Waals surface area contributed by atoms with Crippen LogP contribution in [-0.4, -0.2) is 21.5 Å². The minimum atomic E-state index is -0.123. The van der Waals surface area contributed by atoms with Gasteiger partial charge in [0.1, 0.15) is 5.82 Å². The minimum Gasteiger partial charge on any atom is -0.338 e. The molecule has 0 saturated carbocycles. The summed E-state index contributed by atoms with van der Waals surface area (Å²) >= 11 is 0. The Hall–Kier alpha value is -2.40. The highest BCUT2D eigenvalue weighted by molar-refractivity contribution is 5.80. The van der Waals surface area contributed by atoms with E-state index in [1.807, 2.05) is 6.07 Å². The van der Waals surface area contributed by atoms with Gasteiger partial charge < -0.3 is 15.7 Å². The first-order valence-corrected chi connectivity index (χ1v) is 6.89. The molecule has 0 atom stereocenters. The van der Waals surface area contributed by atoms with Crippen LogP contribution in [0.15, 0.2) is 41.3 Å². The summed E-state index contributed by atoms with van der Waals surface area (Å²) in [6.07, 6.45) is 1.66. The van der Waals surface area contributed by atoms with Gasteiger partial charge in [0.25, 0.3) is 0 Å². The molecule has 3 aromatic rings. The Morgan fingerprint density at radius 3 is 2.71 bits per heavy atom. The van der Waals surface area contributed by atoms with E-state index in [1.165, 1.54) is 11.6 Å². The first-order chi connectivity index (χ1) is 9.99. The van der Waals surface area contributed by atoms with Gasteiger partial charge in [-0.2, -0.15) is 0 Å². The van der Waals surface area contributed by atoms with Crippen molar-refractivity contribution >= 4 is 11.0 Å². The van der Waals surface area contributed by atoms with Crippen LogP contribution in [0.5, 0.6) is 0 Å². The van der Waals surface area contributed by atoms with Crippen molar-refractivity contribution in [3.05, 3.63) is 52.4 Å². The van der Waals surface area contributed by atoms with E-state index in [9.17, 15) is 4.79 Å². The summed E-state index contributed by atoms with van der Waals surface area (Å²) in [6, 6.07) is 9.39. The Morgan fingerprint density at radius 1 is 1.24 bits per heavy atom. The lowest BCUT2D eigenvalue weighted by molar-refractivity contribution is 0.539. The third-order valence-electron chi connectivity index (χ3n) is 3.83. The van der Waals surface area contributed by atoms with Crippen LogP contribution < -0.4 is 11.3 Å². The summed E-state index contributed by atoms with van der Waals surface area (Å²) in [4.78, 5) is 21.6. The fourth-order valence-electron chi connectivity index (χ4n) is 2.24. The van der Waals surface area contributed by atoms with E-state index in [2.05, 4.69) is 40.9 Å². The van der Waals surface area contributed by atoms with Crippen LogP contribution in [0.4, 0.5) is 0 Å². The molecule has 21 heavy (non-hydrogen) atoms. The summed E-state index contributed by atoms with van der Waals surface area (Å²) in [5, 5.41) is 0. The molecule has 2 heterocycles. The van der Waals surface area contributed by atoms with Crippen LogP contribution in [0.3, 0.4) is 0 Å². The second-order valence-corrected chi connectivity index (χ2v) is 5.85. The van der Waals surface area contributed by atoms with E-state index in [1.54, 1.807) is 12.3 Å². The molecule has 0 amide bonds. The second-order valence-electron chi connectivity index (χ2n) is 5.85. The van der Waals surface area contributed by atoms with Crippen molar-refractivity contribution in [3.8, 4) is 11.4 Å². The Kier molecular flexibility index (Phi) is 3.14. The third kappa shape index (κ3) is 2.48. The van der Waals surface area contributed by atoms with Crippen molar-refractivity contribution in [2.75, 3.05) is 6.54 Å². The highest BCUT2D eigenvalue weighted by atomic mass is 16.1. The van der Waals surface area contributed by atoms with Crippen LogP contribution in [0.1, 0.15) is 19.4 Å². The van der Waals surface area contributed by atoms with Gasteiger partial charge in [-0.15, -0.1) is 0 Å². The molecule has 0 spiro atoms. The number of hydrogen-bond acceptors (Lipinski definition) is 3. The molecule has 0 saturated heterocycles. The van der Waals surface area contributed by atoms with Crippen molar-refractivity contribution in [3.63, 3.8) is 0 Å². The van der Waals surface area contributed by atoms with Crippen LogP contribution in [0.25, 0.3) is 22.4 Å². The van der Waals surface area contributed by atoms with Crippen LogP contribution in [0.2, 0.25) is 0 Å². The summed E-state index contributed by atoms with van der Waals surface area (Å²) in [7, 11) is 0. The van der Waals surface area contributed by atoms with Gasteiger partial charge in [-0.25, -0.2) is 4.98 Å². The monoisotopic (exact) mass is 282 g/mol. The third-order valence-corrected chi connectivity index (χ3v) is 3.83. The Balaban J connectivity index is 2.08. The number of rotatable bonds is 3. The Bertz CT molecular complexity index is 824. The molecule has 4 N–H and O–H groups in total. The molecule has 2 aromatic heterocycles. The average Bonchev–Trinajstić information content (AvgIpc) is 2.90. The van der Waals surface area contributed by atoms with Gasteiger partial charge in [-0.3, -0.25) is 4.79 Å². The SMILES string of the molecule is CC(C)(CN)c1ccc2nc(-c3ccc(=O)[nH]c3)[nH]c2c1. The minimum absolute atomic E-state index is 0.0720. The largest absolute Gasteiger partial charge is 0.338 e. The standard InChI is InChI=1S/C16H18N4O/c1-16(2,9-17)11-4-5-12-13(7-11)20-15(19-12)10-3-6-14(21)18-8-10/h3-8H,9,17H2,1-2H3,(H,18,21)(H,19,20). The number of H-pyrrole nitrogens is 2. The van der Waals surface area contributed by atoms with E-state index in [-0.39, 0.29) is 11.0 Å². The van der Waals surface area contributed by atoms with Crippen molar-refractivity contribution in [2.45, 2.75) is 19.3 Å². The molecule has 0 bridgehead atoms. The lowest BCUT2D eigenvalue weighted by Crippen LogP contribution is -2.27. The van der Waals surface area contributed by atoms with Crippen molar-refractivity contribution in [1.29, 1.82) is 0 Å². The van der Waals surface area contributed by atoms with Crippen LogP contribution in [0, 0.1) is 0 Å². The number of pyridine rings is 1.